The van der Waals surface area contributed by atoms with Crippen LogP contribution in [0.15, 0.2) is 24.3 Å². The number of benzene rings is 1. The minimum absolute atomic E-state index is 0.478. The Morgan fingerprint density at radius 2 is 1.79 bits per heavy atom. The lowest BCUT2D eigenvalue weighted by Gasteiger charge is -2.09. The van der Waals surface area contributed by atoms with Crippen LogP contribution in [0.5, 0.6) is 0 Å². The average molecular weight is 220 g/mol. The molecule has 0 aliphatic heterocycles. The van der Waals surface area contributed by atoms with E-state index in [2.05, 4.69) is 19.1 Å². The topological polar surface area (TPSA) is 0 Å². The van der Waals surface area contributed by atoms with Crippen molar-refractivity contribution in [1.82, 2.24) is 0 Å². The summed E-state index contributed by atoms with van der Waals surface area (Å²) in [6.07, 6.45) is 2.08. The second kappa shape index (κ2) is 3.87. The molecule has 2 rings (SSSR count). The van der Waals surface area contributed by atoms with E-state index in [0.29, 0.717) is 5.92 Å². The lowest BCUT2D eigenvalue weighted by Crippen LogP contribution is -2.08. The summed E-state index contributed by atoms with van der Waals surface area (Å²) < 4.78 is 0. The van der Waals surface area contributed by atoms with Crippen molar-refractivity contribution in [2.45, 2.75) is 19.8 Å². The van der Waals surface area contributed by atoms with Gasteiger partial charge in [0.15, 0.2) is 0 Å². The van der Waals surface area contributed by atoms with Gasteiger partial charge in [0.1, 0.15) is 0 Å². The molecule has 72 valence electrons. The van der Waals surface area contributed by atoms with Gasteiger partial charge in [-0.15, -0.1) is 0 Å². The normalized spacial score (nSPS) is 21.6. The molecule has 2 heteroatoms. The number of hydrogen-bond donors (Lipinski definition) is 0. The van der Waals surface area contributed by atoms with Crippen LogP contribution in [0.2, 0.25) is 0 Å². The van der Waals surface area contributed by atoms with E-state index in [4.69, 9.17) is 24.4 Å². The Kier molecular flexibility index (Phi) is 2.75. The van der Waals surface area contributed by atoms with E-state index in [-0.39, 0.29) is 0 Å². The van der Waals surface area contributed by atoms with Crippen LogP contribution in [0.3, 0.4) is 0 Å². The number of thiocarbonyl (C=S) groups is 2. The van der Waals surface area contributed by atoms with Gasteiger partial charge in [0.25, 0.3) is 0 Å². The summed E-state index contributed by atoms with van der Waals surface area (Å²) in [5.41, 5.74) is 2.36. The Balaban J connectivity index is 2.57. The minimum atomic E-state index is 0.478. The summed E-state index contributed by atoms with van der Waals surface area (Å²) in [7, 11) is 0. The molecule has 1 atom stereocenters. The van der Waals surface area contributed by atoms with Crippen LogP contribution in [0.4, 0.5) is 0 Å². The molecule has 0 nitrogen and oxygen atoms in total. The van der Waals surface area contributed by atoms with Gasteiger partial charge in [0, 0.05) is 9.73 Å². The molecule has 1 aliphatic rings. The van der Waals surface area contributed by atoms with Crippen LogP contribution >= 0.6 is 24.4 Å². The maximum absolute atomic E-state index is 5.46. The van der Waals surface area contributed by atoms with Gasteiger partial charge in [-0.2, -0.15) is 0 Å². The lowest BCUT2D eigenvalue weighted by molar-refractivity contribution is 0.724. The van der Waals surface area contributed by atoms with Crippen molar-refractivity contribution in [1.29, 1.82) is 0 Å². The van der Waals surface area contributed by atoms with Crippen LogP contribution in [0.1, 0.15) is 30.9 Å². The molecule has 0 heterocycles. The highest BCUT2D eigenvalue weighted by Gasteiger charge is 2.20. The Labute approximate surface area is 95.3 Å². The van der Waals surface area contributed by atoms with Crippen molar-refractivity contribution in [3.63, 3.8) is 0 Å². The van der Waals surface area contributed by atoms with Crippen molar-refractivity contribution in [3.8, 4) is 0 Å². The molecule has 1 aliphatic carbocycles. The fraction of sp³-hybridized carbons (Fsp3) is 0.333. The Morgan fingerprint density at radius 1 is 1.14 bits per heavy atom. The Morgan fingerprint density at radius 3 is 2.50 bits per heavy atom. The van der Waals surface area contributed by atoms with Crippen molar-refractivity contribution in [3.05, 3.63) is 35.4 Å². The molecule has 0 saturated heterocycles. The smallest absolute Gasteiger partial charge is 0.0259 e. The molecular weight excluding hydrogens is 208 g/mol. The van der Waals surface area contributed by atoms with Gasteiger partial charge >= 0.3 is 0 Å². The van der Waals surface area contributed by atoms with Gasteiger partial charge in [-0.05, 0) is 29.9 Å². The van der Waals surface area contributed by atoms with E-state index in [1.807, 2.05) is 12.1 Å². The van der Waals surface area contributed by atoms with Crippen LogP contribution in [-0.4, -0.2) is 9.73 Å². The molecule has 0 saturated carbocycles. The van der Waals surface area contributed by atoms with E-state index < -0.39 is 0 Å². The van der Waals surface area contributed by atoms with Crippen LogP contribution in [0, 0.1) is 5.92 Å². The van der Waals surface area contributed by atoms with Gasteiger partial charge < -0.3 is 0 Å². The maximum atomic E-state index is 5.46. The third-order valence-corrected chi connectivity index (χ3v) is 3.79. The fourth-order valence-corrected chi connectivity index (χ4v) is 2.41. The summed E-state index contributed by atoms with van der Waals surface area (Å²) in [5.74, 6) is 0.478. The van der Waals surface area contributed by atoms with E-state index in [0.717, 1.165) is 22.6 Å². The van der Waals surface area contributed by atoms with Gasteiger partial charge in [0.05, 0.1) is 0 Å². The first kappa shape index (κ1) is 9.94. The number of hydrogen-bond acceptors (Lipinski definition) is 2. The molecule has 0 amide bonds. The molecular formula is C12H12S2. The first-order chi connectivity index (χ1) is 6.70. The Hall–Kier alpha value is -0.600. The Bertz CT molecular complexity index is 393. The fourth-order valence-electron chi connectivity index (χ4n) is 1.82. The zero-order valence-corrected chi connectivity index (χ0v) is 9.75. The van der Waals surface area contributed by atoms with Crippen molar-refractivity contribution >= 4 is 34.2 Å². The molecule has 1 unspecified atom stereocenters. The predicted octanol–water partition coefficient (Wildman–Crippen LogP) is 3.55. The van der Waals surface area contributed by atoms with Gasteiger partial charge in [-0.25, -0.2) is 0 Å². The summed E-state index contributed by atoms with van der Waals surface area (Å²) in [6.45, 7) is 2.19. The second-order valence-corrected chi connectivity index (χ2v) is 4.71. The highest BCUT2D eigenvalue weighted by Crippen LogP contribution is 2.25. The predicted molar refractivity (Wildman–Crippen MR) is 68.2 cm³/mol. The molecule has 1 aromatic carbocycles. The number of fused-ring (bicyclic) bond motifs is 1. The van der Waals surface area contributed by atoms with E-state index in [1.165, 1.54) is 11.1 Å². The minimum Gasteiger partial charge on any atom is -0.0842 e. The summed E-state index contributed by atoms with van der Waals surface area (Å²) >= 11 is 10.9. The zero-order chi connectivity index (χ0) is 10.1. The standard InChI is InChI=1S/C12H12S2/c1-8-6-7-11(13)9-4-2-3-5-10(9)12(8)14/h2-5,8H,6-7H2,1H3. The van der Waals surface area contributed by atoms with Gasteiger partial charge in [-0.1, -0.05) is 55.6 Å². The molecule has 0 radical (unpaired) electrons. The van der Waals surface area contributed by atoms with E-state index in [1.54, 1.807) is 0 Å². The first-order valence-corrected chi connectivity index (χ1v) is 5.68. The molecule has 14 heavy (non-hydrogen) atoms. The largest absolute Gasteiger partial charge is 0.0842 e. The molecule has 0 fully saturated rings. The summed E-state index contributed by atoms with van der Waals surface area (Å²) in [6, 6.07) is 8.24. The first-order valence-electron chi connectivity index (χ1n) is 4.86. The number of rotatable bonds is 0. The average Bonchev–Trinajstić information content (AvgIpc) is 2.33. The van der Waals surface area contributed by atoms with Crippen molar-refractivity contribution in [2.75, 3.05) is 0 Å². The highest BCUT2D eigenvalue weighted by molar-refractivity contribution is 7.81. The molecule has 0 N–H and O–H groups in total. The third kappa shape index (κ3) is 1.64. The third-order valence-electron chi connectivity index (χ3n) is 2.74. The molecule has 0 aromatic heterocycles. The second-order valence-electron chi connectivity index (χ2n) is 3.77. The van der Waals surface area contributed by atoms with Gasteiger partial charge in [0.2, 0.25) is 0 Å². The van der Waals surface area contributed by atoms with Gasteiger partial charge in [-0.3, -0.25) is 0 Å². The van der Waals surface area contributed by atoms with Crippen LogP contribution in [0.25, 0.3) is 0 Å². The monoisotopic (exact) mass is 220 g/mol. The molecule has 0 spiro atoms. The van der Waals surface area contributed by atoms with Crippen molar-refractivity contribution in [2.24, 2.45) is 5.92 Å². The van der Waals surface area contributed by atoms with Crippen LogP contribution in [-0.2, 0) is 0 Å². The quantitative estimate of drug-likeness (QED) is 0.484. The summed E-state index contributed by atoms with van der Waals surface area (Å²) in [5, 5.41) is 0. The lowest BCUT2D eigenvalue weighted by atomic mass is 9.98. The molecule has 1 aromatic rings. The maximum Gasteiger partial charge on any atom is 0.0259 e. The van der Waals surface area contributed by atoms with E-state index in [9.17, 15) is 0 Å². The van der Waals surface area contributed by atoms with E-state index >= 15 is 0 Å². The SMILES string of the molecule is CC1CCC(=S)c2ccccc2C1=S. The molecule has 0 bridgehead atoms. The zero-order valence-electron chi connectivity index (χ0n) is 8.12. The summed E-state index contributed by atoms with van der Waals surface area (Å²) in [4.78, 5) is 2.13. The van der Waals surface area contributed by atoms with Crippen molar-refractivity contribution < 1.29 is 0 Å². The highest BCUT2D eigenvalue weighted by atomic mass is 32.1. The van der Waals surface area contributed by atoms with Crippen LogP contribution < -0.4 is 0 Å².